The first kappa shape index (κ1) is 11.1. The van der Waals surface area contributed by atoms with Crippen LogP contribution in [-0.4, -0.2) is 9.66 Å². The molecule has 0 radical (unpaired) electrons. The molecule has 0 fully saturated rings. The molecule has 2 rings (SSSR count). The quantitative estimate of drug-likeness (QED) is 0.771. The molecule has 1 aromatic carbocycles. The second-order valence-corrected chi connectivity index (χ2v) is 4.23. The lowest BCUT2D eigenvalue weighted by atomic mass is 10.1. The van der Waals surface area contributed by atoms with E-state index in [9.17, 15) is 0 Å². The fourth-order valence-electron chi connectivity index (χ4n) is 1.44. The number of hydrogen-bond acceptors (Lipinski definition) is 3. The Kier molecular flexibility index (Phi) is 2.69. The number of imidazole rings is 1. The molecule has 0 aliphatic heterocycles. The van der Waals surface area contributed by atoms with Gasteiger partial charge >= 0.3 is 0 Å². The first-order valence-corrected chi connectivity index (χ1v) is 5.31. The zero-order valence-corrected chi connectivity index (χ0v) is 10.0. The number of rotatable bonds is 1. The van der Waals surface area contributed by atoms with E-state index >= 15 is 0 Å². The van der Waals surface area contributed by atoms with Gasteiger partial charge in [-0.3, -0.25) is 0 Å². The summed E-state index contributed by atoms with van der Waals surface area (Å²) < 4.78 is 1.31. The van der Waals surface area contributed by atoms with E-state index in [1.54, 1.807) is 25.1 Å². The van der Waals surface area contributed by atoms with Crippen molar-refractivity contribution in [2.24, 2.45) is 0 Å². The Bertz CT molecular complexity index is 548. The van der Waals surface area contributed by atoms with Gasteiger partial charge in [0.1, 0.15) is 11.5 Å². The van der Waals surface area contributed by atoms with Crippen LogP contribution in [0.2, 0.25) is 10.0 Å². The third-order valence-corrected chi connectivity index (χ3v) is 2.87. The third-order valence-electron chi connectivity index (χ3n) is 2.31. The zero-order chi connectivity index (χ0) is 11.9. The van der Waals surface area contributed by atoms with Crippen LogP contribution in [0.4, 0.5) is 5.82 Å². The van der Waals surface area contributed by atoms with Crippen molar-refractivity contribution < 1.29 is 0 Å². The summed E-state index contributed by atoms with van der Waals surface area (Å²) >= 11 is 12.0. The summed E-state index contributed by atoms with van der Waals surface area (Å²) in [5.41, 5.74) is 7.06. The van der Waals surface area contributed by atoms with Gasteiger partial charge in [0.15, 0.2) is 5.82 Å². The minimum atomic E-state index is 0.363. The average Bonchev–Trinajstić information content (AvgIpc) is 2.50. The maximum absolute atomic E-state index is 6.06. The Balaban J connectivity index is 2.67. The molecule has 2 aromatic rings. The molecule has 0 spiro atoms. The van der Waals surface area contributed by atoms with Crippen LogP contribution in [0.5, 0.6) is 0 Å². The van der Waals surface area contributed by atoms with Gasteiger partial charge in [0, 0.05) is 10.6 Å². The summed E-state index contributed by atoms with van der Waals surface area (Å²) in [6.45, 7) is 1.76. The predicted molar refractivity (Wildman–Crippen MR) is 67.0 cm³/mol. The molecule has 4 nitrogen and oxygen atoms in total. The number of aromatic nitrogens is 2. The summed E-state index contributed by atoms with van der Waals surface area (Å²) in [7, 11) is 0. The van der Waals surface area contributed by atoms with Gasteiger partial charge in [0.25, 0.3) is 0 Å². The Morgan fingerprint density at radius 2 is 2.00 bits per heavy atom. The summed E-state index contributed by atoms with van der Waals surface area (Å²) in [6, 6.07) is 5.11. The summed E-state index contributed by atoms with van der Waals surface area (Å²) in [4.78, 5) is 4.25. The van der Waals surface area contributed by atoms with E-state index in [4.69, 9.17) is 34.8 Å². The van der Waals surface area contributed by atoms with E-state index in [0.29, 0.717) is 32.9 Å². The molecule has 0 saturated carbocycles. The van der Waals surface area contributed by atoms with Crippen LogP contribution in [0.3, 0.4) is 0 Å². The second-order valence-electron chi connectivity index (χ2n) is 3.39. The minimum absolute atomic E-state index is 0.363. The summed E-state index contributed by atoms with van der Waals surface area (Å²) in [5, 5.41) is 1.11. The maximum Gasteiger partial charge on any atom is 0.150 e. The van der Waals surface area contributed by atoms with Gasteiger partial charge in [-0.1, -0.05) is 23.2 Å². The largest absolute Gasteiger partial charge is 0.382 e. The van der Waals surface area contributed by atoms with E-state index in [0.717, 1.165) is 0 Å². The van der Waals surface area contributed by atoms with Crippen molar-refractivity contribution in [1.29, 1.82) is 0 Å². The first-order chi connectivity index (χ1) is 7.50. The van der Waals surface area contributed by atoms with E-state index in [-0.39, 0.29) is 0 Å². The SMILES string of the molecule is Cc1nc(-c2cc(Cl)ccc2Cl)c(N)n1N. The Morgan fingerprint density at radius 1 is 1.31 bits per heavy atom. The molecule has 0 saturated heterocycles. The highest BCUT2D eigenvalue weighted by Crippen LogP contribution is 2.33. The Hall–Kier alpha value is -1.39. The lowest BCUT2D eigenvalue weighted by Gasteiger charge is -2.03. The number of halogens is 2. The molecule has 16 heavy (non-hydrogen) atoms. The van der Waals surface area contributed by atoms with Gasteiger partial charge in [-0.2, -0.15) is 0 Å². The Labute approximate surface area is 103 Å². The number of nitrogen functional groups attached to an aromatic ring is 2. The highest BCUT2D eigenvalue weighted by molar-refractivity contribution is 6.35. The molecular formula is C10H10Cl2N4. The van der Waals surface area contributed by atoms with Crippen molar-refractivity contribution in [2.75, 3.05) is 11.6 Å². The van der Waals surface area contributed by atoms with Crippen molar-refractivity contribution in [3.63, 3.8) is 0 Å². The number of hydrogen-bond donors (Lipinski definition) is 2. The van der Waals surface area contributed by atoms with E-state index in [1.807, 2.05) is 0 Å². The molecule has 0 bridgehead atoms. The van der Waals surface area contributed by atoms with Crippen LogP contribution >= 0.6 is 23.2 Å². The highest BCUT2D eigenvalue weighted by Gasteiger charge is 2.14. The van der Waals surface area contributed by atoms with E-state index in [1.165, 1.54) is 4.68 Å². The number of anilines is 1. The lowest BCUT2D eigenvalue weighted by Crippen LogP contribution is -2.13. The van der Waals surface area contributed by atoms with Crippen LogP contribution in [0, 0.1) is 6.92 Å². The van der Waals surface area contributed by atoms with Crippen molar-refractivity contribution in [3.8, 4) is 11.3 Å². The molecule has 0 amide bonds. The maximum atomic E-state index is 6.06. The summed E-state index contributed by atoms with van der Waals surface area (Å²) in [6.07, 6.45) is 0. The lowest BCUT2D eigenvalue weighted by molar-refractivity contribution is 0.937. The second kappa shape index (κ2) is 3.88. The monoisotopic (exact) mass is 256 g/mol. The predicted octanol–water partition coefficient (Wildman–Crippen LogP) is 2.46. The average molecular weight is 257 g/mol. The molecule has 0 aliphatic rings. The smallest absolute Gasteiger partial charge is 0.150 e. The molecule has 6 heteroatoms. The van der Waals surface area contributed by atoms with Gasteiger partial charge in [0.05, 0.1) is 5.02 Å². The normalized spacial score (nSPS) is 10.7. The van der Waals surface area contributed by atoms with Gasteiger partial charge in [0.2, 0.25) is 0 Å². The van der Waals surface area contributed by atoms with E-state index < -0.39 is 0 Å². The molecule has 1 aromatic heterocycles. The minimum Gasteiger partial charge on any atom is -0.382 e. The number of benzene rings is 1. The van der Waals surface area contributed by atoms with Gasteiger partial charge < -0.3 is 11.6 Å². The van der Waals surface area contributed by atoms with Crippen LogP contribution < -0.4 is 11.6 Å². The molecule has 84 valence electrons. The van der Waals surface area contributed by atoms with Crippen molar-refractivity contribution >= 4 is 29.0 Å². The molecule has 0 aliphatic carbocycles. The zero-order valence-electron chi connectivity index (χ0n) is 8.54. The van der Waals surface area contributed by atoms with Gasteiger partial charge in [-0.25, -0.2) is 9.66 Å². The third kappa shape index (κ3) is 1.70. The standard InChI is InChI=1S/C10H10Cl2N4/c1-5-15-9(10(13)16(5)14)7-4-6(11)2-3-8(7)12/h2-4H,13-14H2,1H3. The van der Waals surface area contributed by atoms with Crippen molar-refractivity contribution in [1.82, 2.24) is 9.66 Å². The van der Waals surface area contributed by atoms with Crippen LogP contribution in [0.15, 0.2) is 18.2 Å². The van der Waals surface area contributed by atoms with E-state index in [2.05, 4.69) is 4.98 Å². The van der Waals surface area contributed by atoms with Crippen LogP contribution in [-0.2, 0) is 0 Å². The highest BCUT2D eigenvalue weighted by atomic mass is 35.5. The molecule has 0 unspecified atom stereocenters. The molecule has 4 N–H and O–H groups in total. The molecule has 0 atom stereocenters. The van der Waals surface area contributed by atoms with Crippen molar-refractivity contribution in [2.45, 2.75) is 6.92 Å². The first-order valence-electron chi connectivity index (χ1n) is 4.56. The van der Waals surface area contributed by atoms with Gasteiger partial charge in [-0.05, 0) is 25.1 Å². The number of aryl methyl sites for hydroxylation is 1. The summed E-state index contributed by atoms with van der Waals surface area (Å²) in [5.74, 6) is 6.66. The Morgan fingerprint density at radius 3 is 2.56 bits per heavy atom. The van der Waals surface area contributed by atoms with Crippen LogP contribution in [0.1, 0.15) is 5.82 Å². The van der Waals surface area contributed by atoms with Crippen LogP contribution in [0.25, 0.3) is 11.3 Å². The fraction of sp³-hybridized carbons (Fsp3) is 0.100. The topological polar surface area (TPSA) is 69.9 Å². The fourth-order valence-corrected chi connectivity index (χ4v) is 1.82. The van der Waals surface area contributed by atoms with Crippen molar-refractivity contribution in [3.05, 3.63) is 34.1 Å². The molecular weight excluding hydrogens is 247 g/mol. The number of nitrogens with two attached hydrogens (primary N) is 2. The number of nitrogens with zero attached hydrogens (tertiary/aromatic N) is 2. The molecule has 1 heterocycles. The van der Waals surface area contributed by atoms with Gasteiger partial charge in [-0.15, -0.1) is 0 Å².